The molecule has 0 radical (unpaired) electrons. The van der Waals surface area contributed by atoms with Crippen LogP contribution < -0.4 is 0 Å². The Hall–Kier alpha value is -1.39. The Balaban J connectivity index is 5.28. The molecule has 2 unspecified atom stereocenters. The van der Waals surface area contributed by atoms with Gasteiger partial charge in [-0.3, -0.25) is 19.2 Å². The molecule has 9 heteroatoms. The van der Waals surface area contributed by atoms with E-state index >= 15 is 0 Å². The van der Waals surface area contributed by atoms with Crippen LogP contribution >= 0.6 is 31.4 Å². The molecule has 0 rings (SSSR count). The first-order valence-corrected chi connectivity index (χ1v) is 12.0. The summed E-state index contributed by atoms with van der Waals surface area (Å²) in [4.78, 5) is 49.0. The molecule has 0 spiro atoms. The van der Waals surface area contributed by atoms with Gasteiger partial charge in [0, 0.05) is 0 Å². The molecular weight excluding hydrogens is 432 g/mol. The normalized spacial score (nSPS) is 13.0. The molecule has 29 heavy (non-hydrogen) atoms. The molecule has 0 aliphatic heterocycles. The summed E-state index contributed by atoms with van der Waals surface area (Å²) in [5.41, 5.74) is -2.44. The van der Waals surface area contributed by atoms with E-state index in [1.807, 2.05) is 0 Å². The van der Waals surface area contributed by atoms with Crippen LogP contribution in [0, 0.1) is 11.8 Å². The lowest BCUT2D eigenvalue weighted by atomic mass is 9.92. The van der Waals surface area contributed by atoms with E-state index in [2.05, 4.69) is 26.3 Å². The van der Waals surface area contributed by atoms with Gasteiger partial charge in [0.25, 0.3) is 0 Å². The average Bonchev–Trinajstić information content (AvgIpc) is 2.61. The summed E-state index contributed by atoms with van der Waals surface area (Å²) in [7, 11) is 2.34. The molecule has 2 atom stereocenters. The van der Waals surface area contributed by atoms with E-state index < -0.39 is 45.8 Å². The Kier molecular flexibility index (Phi) is 11.7. The van der Waals surface area contributed by atoms with Crippen LogP contribution in [0.2, 0.25) is 0 Å². The van der Waals surface area contributed by atoms with Gasteiger partial charge in [0.15, 0.2) is 23.1 Å². The molecule has 0 aliphatic carbocycles. The number of carbonyl (C=O) groups is 4. The number of Topliss-reactive ketones (excluding diaryl/α,β-unsaturated/α-hetero) is 4. The highest BCUT2D eigenvalue weighted by Gasteiger charge is 2.37. The van der Waals surface area contributed by atoms with Crippen LogP contribution in [0.5, 0.6) is 0 Å². The number of allylic oxidation sites excluding steroid dienone is 4. The second-order valence-electron chi connectivity index (χ2n) is 6.58. The van der Waals surface area contributed by atoms with Crippen molar-refractivity contribution in [2.75, 3.05) is 0 Å². The maximum atomic E-state index is 12.3. The second-order valence-corrected chi connectivity index (χ2v) is 10.8. The van der Waals surface area contributed by atoms with E-state index in [4.69, 9.17) is 0 Å². The van der Waals surface area contributed by atoms with Gasteiger partial charge >= 0.3 is 0 Å². The summed E-state index contributed by atoms with van der Waals surface area (Å²) >= 11 is 0. The van der Waals surface area contributed by atoms with E-state index in [9.17, 15) is 29.4 Å². The third-order valence-electron chi connectivity index (χ3n) is 3.66. The maximum absolute atomic E-state index is 12.3. The van der Waals surface area contributed by atoms with Gasteiger partial charge in [0.1, 0.15) is 22.7 Å². The SMILES string of the molecule is C=C(C)C(=O)C(C(=O)C(=C)C)C(O)SSSC(O)C(C(=O)C(=C)C)C(=O)C(=C)C. The number of aliphatic hydroxyl groups is 2. The van der Waals surface area contributed by atoms with Crippen LogP contribution in [0.4, 0.5) is 0 Å². The molecule has 0 saturated carbocycles. The highest BCUT2D eigenvalue weighted by Crippen LogP contribution is 2.44. The van der Waals surface area contributed by atoms with Crippen molar-refractivity contribution in [2.24, 2.45) is 11.8 Å². The zero-order valence-corrected chi connectivity index (χ0v) is 19.3. The number of ketones is 4. The Labute approximate surface area is 182 Å². The van der Waals surface area contributed by atoms with Gasteiger partial charge in [-0.15, -0.1) is 0 Å². The second kappa shape index (κ2) is 12.3. The fourth-order valence-electron chi connectivity index (χ4n) is 2.03. The van der Waals surface area contributed by atoms with E-state index in [-0.39, 0.29) is 22.3 Å². The topological polar surface area (TPSA) is 109 Å². The fourth-order valence-corrected chi connectivity index (χ4v) is 6.10. The van der Waals surface area contributed by atoms with E-state index in [0.29, 0.717) is 0 Å². The largest absolute Gasteiger partial charge is 0.380 e. The first kappa shape index (κ1) is 27.6. The fraction of sp³-hybridized carbons (Fsp3) is 0.400. The molecule has 0 aromatic rings. The average molecular weight is 459 g/mol. The van der Waals surface area contributed by atoms with Crippen molar-refractivity contribution in [1.82, 2.24) is 0 Å². The number of aliphatic hydroxyl groups excluding tert-OH is 2. The van der Waals surface area contributed by atoms with E-state index in [1.54, 1.807) is 0 Å². The number of carbonyl (C=O) groups excluding carboxylic acids is 4. The first-order chi connectivity index (χ1) is 13.2. The number of hydrogen-bond acceptors (Lipinski definition) is 9. The third-order valence-corrected chi connectivity index (χ3v) is 7.82. The third kappa shape index (κ3) is 8.10. The van der Waals surface area contributed by atoms with Gasteiger partial charge in [-0.05, 0) is 81.4 Å². The molecule has 0 heterocycles. The summed E-state index contributed by atoms with van der Waals surface area (Å²) in [5.74, 6) is -5.22. The number of hydrogen-bond donors (Lipinski definition) is 2. The predicted molar refractivity (Wildman–Crippen MR) is 121 cm³/mol. The van der Waals surface area contributed by atoms with Crippen LogP contribution in [-0.2, 0) is 19.2 Å². The number of rotatable bonds is 14. The summed E-state index contributed by atoms with van der Waals surface area (Å²) in [5, 5.41) is 20.7. The Morgan fingerprint density at radius 1 is 0.586 bits per heavy atom. The molecule has 160 valence electrons. The van der Waals surface area contributed by atoms with Crippen molar-refractivity contribution in [3.63, 3.8) is 0 Å². The minimum Gasteiger partial charge on any atom is -0.380 e. The van der Waals surface area contributed by atoms with Gasteiger partial charge in [-0.25, -0.2) is 0 Å². The van der Waals surface area contributed by atoms with Crippen molar-refractivity contribution >= 4 is 54.5 Å². The zero-order chi connectivity index (χ0) is 23.0. The van der Waals surface area contributed by atoms with Gasteiger partial charge < -0.3 is 10.2 Å². The van der Waals surface area contributed by atoms with Crippen LogP contribution in [0.1, 0.15) is 27.7 Å². The van der Waals surface area contributed by atoms with Crippen molar-refractivity contribution < 1.29 is 29.4 Å². The van der Waals surface area contributed by atoms with E-state index in [0.717, 1.165) is 31.4 Å². The lowest BCUT2D eigenvalue weighted by molar-refractivity contribution is -0.132. The molecule has 2 N–H and O–H groups in total. The van der Waals surface area contributed by atoms with Crippen molar-refractivity contribution in [1.29, 1.82) is 0 Å². The minimum absolute atomic E-state index is 0.112. The Morgan fingerprint density at radius 3 is 0.966 bits per heavy atom. The van der Waals surface area contributed by atoms with Crippen LogP contribution in [0.3, 0.4) is 0 Å². The van der Waals surface area contributed by atoms with Gasteiger partial charge in [-0.1, -0.05) is 26.3 Å². The molecule has 0 aliphatic rings. The summed E-state index contributed by atoms with van der Waals surface area (Å²) in [6.45, 7) is 19.8. The molecule has 6 nitrogen and oxygen atoms in total. The molecular formula is C20H26O6S3. The zero-order valence-electron chi connectivity index (χ0n) is 16.9. The van der Waals surface area contributed by atoms with Gasteiger partial charge in [0.05, 0.1) is 0 Å². The van der Waals surface area contributed by atoms with Gasteiger partial charge in [0.2, 0.25) is 0 Å². The van der Waals surface area contributed by atoms with Crippen molar-refractivity contribution in [2.45, 2.75) is 38.6 Å². The molecule has 0 saturated heterocycles. The van der Waals surface area contributed by atoms with Gasteiger partial charge in [-0.2, -0.15) is 0 Å². The molecule has 0 amide bonds. The van der Waals surface area contributed by atoms with Crippen LogP contribution in [0.15, 0.2) is 48.6 Å². The molecule has 0 fully saturated rings. The van der Waals surface area contributed by atoms with Crippen LogP contribution in [0.25, 0.3) is 0 Å². The lowest BCUT2D eigenvalue weighted by Crippen LogP contribution is -2.34. The molecule has 0 aromatic carbocycles. The van der Waals surface area contributed by atoms with E-state index in [1.165, 1.54) is 27.7 Å². The molecule has 0 aromatic heterocycles. The minimum atomic E-state index is -1.44. The van der Waals surface area contributed by atoms with Crippen LogP contribution in [-0.4, -0.2) is 44.2 Å². The predicted octanol–water partition coefficient (Wildman–Crippen LogP) is 3.47. The standard InChI is InChI=1S/C20H26O6S3/c1-9(2)15(21)13(16(22)10(3)4)19(25)27-29-28-20(26)14(17(23)11(5)6)18(24)12(7)8/h13-14,19-20,25-26H,1,3,5,7H2,2,4,6,8H3. The first-order valence-electron chi connectivity index (χ1n) is 8.37. The highest BCUT2D eigenvalue weighted by molar-refractivity contribution is 9.09. The van der Waals surface area contributed by atoms with Crippen molar-refractivity contribution in [3.8, 4) is 0 Å². The smallest absolute Gasteiger partial charge is 0.172 e. The molecule has 0 bridgehead atoms. The summed E-state index contributed by atoms with van der Waals surface area (Å²) in [6, 6.07) is 0. The summed E-state index contributed by atoms with van der Waals surface area (Å²) < 4.78 is 0. The maximum Gasteiger partial charge on any atom is 0.172 e. The Bertz CT molecular complexity index is 641. The monoisotopic (exact) mass is 458 g/mol. The quantitative estimate of drug-likeness (QED) is 0.175. The Morgan fingerprint density at radius 2 is 0.793 bits per heavy atom. The lowest BCUT2D eigenvalue weighted by Gasteiger charge is -2.22. The summed E-state index contributed by atoms with van der Waals surface area (Å²) in [6.07, 6.45) is 0. The highest BCUT2D eigenvalue weighted by atomic mass is 33.5. The van der Waals surface area contributed by atoms with Crippen molar-refractivity contribution in [3.05, 3.63) is 48.6 Å².